The number of ether oxygens (including phenoxy) is 1. The van der Waals surface area contributed by atoms with Crippen LogP contribution in [0.15, 0.2) is 72.8 Å². The van der Waals surface area contributed by atoms with Gasteiger partial charge in [0.25, 0.3) is 0 Å². The smallest absolute Gasteiger partial charge is 0.238 e. The highest BCUT2D eigenvalue weighted by atomic mass is 16.5. The first-order chi connectivity index (χ1) is 14.9. The minimum Gasteiger partial charge on any atom is -0.455 e. The van der Waals surface area contributed by atoms with Crippen LogP contribution in [0.4, 0.5) is 11.4 Å². The molecule has 6 nitrogen and oxygen atoms in total. The molecular weight excluding hydrogens is 390 g/mol. The molecule has 0 aliphatic rings. The molecule has 2 amide bonds. The minimum atomic E-state index is -0.230. The number of nitrogens with one attached hydrogen (secondary N) is 2. The summed E-state index contributed by atoms with van der Waals surface area (Å²) in [6.45, 7) is 4.14. The first kappa shape index (κ1) is 22.1. The number of carbonyl (C=O) groups is 2. The van der Waals surface area contributed by atoms with E-state index in [0.717, 1.165) is 16.8 Å². The highest BCUT2D eigenvalue weighted by molar-refractivity contribution is 5.95. The molecule has 0 unspecified atom stereocenters. The van der Waals surface area contributed by atoms with Crippen LogP contribution in [0.2, 0.25) is 0 Å². The van der Waals surface area contributed by atoms with Gasteiger partial charge in [0.1, 0.15) is 5.75 Å². The fourth-order valence-corrected chi connectivity index (χ4v) is 3.09. The lowest BCUT2D eigenvalue weighted by atomic mass is 10.1. The van der Waals surface area contributed by atoms with E-state index >= 15 is 0 Å². The van der Waals surface area contributed by atoms with Crippen molar-refractivity contribution in [3.63, 3.8) is 0 Å². The van der Waals surface area contributed by atoms with Crippen LogP contribution >= 0.6 is 0 Å². The summed E-state index contributed by atoms with van der Waals surface area (Å²) in [4.78, 5) is 26.6. The van der Waals surface area contributed by atoms with E-state index in [2.05, 4.69) is 10.6 Å². The Bertz CT molecular complexity index is 1050. The number of aryl methyl sites for hydroxylation is 1. The molecule has 0 spiro atoms. The Morgan fingerprint density at radius 1 is 0.774 bits per heavy atom. The quantitative estimate of drug-likeness (QED) is 0.562. The predicted octanol–water partition coefficient (Wildman–Crippen LogP) is 4.60. The van der Waals surface area contributed by atoms with Gasteiger partial charge in [-0.1, -0.05) is 42.5 Å². The fourth-order valence-electron chi connectivity index (χ4n) is 3.09. The Morgan fingerprint density at radius 2 is 1.35 bits per heavy atom. The Hall–Kier alpha value is -3.64. The van der Waals surface area contributed by atoms with Gasteiger partial charge >= 0.3 is 0 Å². The monoisotopic (exact) mass is 417 g/mol. The number of benzene rings is 3. The molecule has 0 bridgehead atoms. The summed E-state index contributed by atoms with van der Waals surface area (Å²) in [5.41, 5.74) is 3.51. The lowest BCUT2D eigenvalue weighted by molar-refractivity contribution is -0.119. The zero-order valence-corrected chi connectivity index (χ0v) is 18.0. The highest BCUT2D eigenvalue weighted by Crippen LogP contribution is 2.29. The molecular formula is C25H27N3O3. The van der Waals surface area contributed by atoms with E-state index in [1.807, 2.05) is 74.5 Å². The van der Waals surface area contributed by atoms with E-state index < -0.39 is 0 Å². The molecule has 0 atom stereocenters. The van der Waals surface area contributed by atoms with Crippen LogP contribution < -0.4 is 15.4 Å². The summed E-state index contributed by atoms with van der Waals surface area (Å²) < 4.78 is 5.87. The molecule has 3 aromatic carbocycles. The van der Waals surface area contributed by atoms with Crippen LogP contribution in [0.5, 0.6) is 11.5 Å². The number of hydrogen-bond donors (Lipinski definition) is 2. The Labute approximate surface area is 182 Å². The molecule has 31 heavy (non-hydrogen) atoms. The Kier molecular flexibility index (Phi) is 7.40. The second kappa shape index (κ2) is 10.4. The lowest BCUT2D eigenvalue weighted by Gasteiger charge is -2.18. The van der Waals surface area contributed by atoms with Crippen molar-refractivity contribution in [3.05, 3.63) is 83.9 Å². The molecule has 6 heteroatoms. The molecule has 0 aliphatic carbocycles. The van der Waals surface area contributed by atoms with Gasteiger partial charge in [-0.3, -0.25) is 14.5 Å². The summed E-state index contributed by atoms with van der Waals surface area (Å²) in [6, 6.07) is 22.4. The molecule has 0 saturated heterocycles. The van der Waals surface area contributed by atoms with Gasteiger partial charge in [-0.15, -0.1) is 0 Å². The lowest BCUT2D eigenvalue weighted by Crippen LogP contribution is -2.36. The van der Waals surface area contributed by atoms with Crippen molar-refractivity contribution >= 4 is 23.2 Å². The van der Waals surface area contributed by atoms with Crippen LogP contribution in [-0.4, -0.2) is 36.9 Å². The van der Waals surface area contributed by atoms with Crippen molar-refractivity contribution in [3.8, 4) is 11.5 Å². The average molecular weight is 418 g/mol. The highest BCUT2D eigenvalue weighted by Gasteiger charge is 2.14. The minimum absolute atomic E-state index is 0.0693. The van der Waals surface area contributed by atoms with Crippen LogP contribution in [0.25, 0.3) is 0 Å². The molecule has 0 saturated carbocycles. The maximum absolute atomic E-state index is 12.5. The van der Waals surface area contributed by atoms with E-state index in [9.17, 15) is 9.59 Å². The summed E-state index contributed by atoms with van der Waals surface area (Å²) in [7, 11) is 1.73. The number of para-hydroxylation sites is 3. The molecule has 0 aromatic heterocycles. The van der Waals surface area contributed by atoms with Crippen LogP contribution in [0, 0.1) is 13.8 Å². The Morgan fingerprint density at radius 3 is 2.06 bits per heavy atom. The second-order valence-electron chi connectivity index (χ2n) is 7.43. The topological polar surface area (TPSA) is 70.7 Å². The van der Waals surface area contributed by atoms with E-state index in [-0.39, 0.29) is 24.9 Å². The standard InChI is InChI=1S/C25H27N3O3/c1-18-10-9-14-21(19(18)2)26-24(29)16-28(3)17-25(30)27-22-13-7-8-15-23(22)31-20-11-5-4-6-12-20/h4-15H,16-17H2,1-3H3,(H,26,29)(H,27,30). The summed E-state index contributed by atoms with van der Waals surface area (Å²) in [5.74, 6) is 0.838. The van der Waals surface area contributed by atoms with Gasteiger partial charge < -0.3 is 15.4 Å². The second-order valence-corrected chi connectivity index (χ2v) is 7.43. The van der Waals surface area contributed by atoms with Gasteiger partial charge in [-0.2, -0.15) is 0 Å². The summed E-state index contributed by atoms with van der Waals surface area (Å²) in [6.07, 6.45) is 0. The summed E-state index contributed by atoms with van der Waals surface area (Å²) in [5, 5.41) is 5.77. The number of anilines is 2. The maximum Gasteiger partial charge on any atom is 0.238 e. The van der Waals surface area contributed by atoms with Gasteiger partial charge in [0, 0.05) is 5.69 Å². The average Bonchev–Trinajstić information content (AvgIpc) is 2.73. The van der Waals surface area contributed by atoms with Crippen molar-refractivity contribution < 1.29 is 14.3 Å². The molecule has 3 rings (SSSR count). The molecule has 2 N–H and O–H groups in total. The number of nitrogens with zero attached hydrogens (tertiary/aromatic N) is 1. The van der Waals surface area contributed by atoms with Crippen LogP contribution in [0.1, 0.15) is 11.1 Å². The number of hydrogen-bond acceptors (Lipinski definition) is 4. The van der Waals surface area contributed by atoms with Gasteiger partial charge in [0.05, 0.1) is 18.8 Å². The van der Waals surface area contributed by atoms with Gasteiger partial charge in [-0.05, 0) is 62.4 Å². The van der Waals surface area contributed by atoms with Crippen molar-refractivity contribution in [2.45, 2.75) is 13.8 Å². The zero-order valence-electron chi connectivity index (χ0n) is 18.0. The Balaban J connectivity index is 1.55. The van der Waals surface area contributed by atoms with Crippen molar-refractivity contribution in [1.82, 2.24) is 4.90 Å². The van der Waals surface area contributed by atoms with E-state index in [1.54, 1.807) is 24.1 Å². The molecule has 0 heterocycles. The van der Waals surface area contributed by atoms with Gasteiger partial charge in [-0.25, -0.2) is 0 Å². The first-order valence-corrected chi connectivity index (χ1v) is 10.1. The zero-order chi connectivity index (χ0) is 22.2. The molecule has 0 fully saturated rings. The van der Waals surface area contributed by atoms with E-state index in [1.165, 1.54) is 0 Å². The fraction of sp³-hybridized carbons (Fsp3) is 0.200. The van der Waals surface area contributed by atoms with E-state index in [4.69, 9.17) is 4.74 Å². The number of likely N-dealkylation sites (N-methyl/N-ethyl adjacent to an activating group) is 1. The SMILES string of the molecule is Cc1cccc(NC(=O)CN(C)CC(=O)Nc2ccccc2Oc2ccccc2)c1C. The number of carbonyl (C=O) groups excluding carboxylic acids is 2. The van der Waals surface area contributed by atoms with Gasteiger partial charge in [0.15, 0.2) is 5.75 Å². The first-order valence-electron chi connectivity index (χ1n) is 10.1. The van der Waals surface area contributed by atoms with E-state index in [0.29, 0.717) is 17.2 Å². The molecule has 0 aliphatic heterocycles. The van der Waals surface area contributed by atoms with Crippen molar-refractivity contribution in [1.29, 1.82) is 0 Å². The molecule has 0 radical (unpaired) electrons. The van der Waals surface area contributed by atoms with Crippen LogP contribution in [-0.2, 0) is 9.59 Å². The third kappa shape index (κ3) is 6.42. The number of amides is 2. The third-order valence-electron chi connectivity index (χ3n) is 4.84. The maximum atomic E-state index is 12.5. The predicted molar refractivity (Wildman–Crippen MR) is 124 cm³/mol. The normalized spacial score (nSPS) is 10.6. The van der Waals surface area contributed by atoms with Gasteiger partial charge in [0.2, 0.25) is 11.8 Å². The largest absolute Gasteiger partial charge is 0.455 e. The van der Waals surface area contributed by atoms with Crippen molar-refractivity contribution in [2.75, 3.05) is 30.8 Å². The van der Waals surface area contributed by atoms with Crippen LogP contribution in [0.3, 0.4) is 0 Å². The summed E-state index contributed by atoms with van der Waals surface area (Å²) >= 11 is 0. The van der Waals surface area contributed by atoms with Crippen molar-refractivity contribution in [2.24, 2.45) is 0 Å². The molecule has 160 valence electrons. The molecule has 3 aromatic rings. The third-order valence-corrected chi connectivity index (χ3v) is 4.84. The number of rotatable bonds is 8.